The molecule has 3 aromatic rings. The summed E-state index contributed by atoms with van der Waals surface area (Å²) < 4.78 is 34.3. The molecule has 4 rings (SSSR count). The maximum atomic E-state index is 12.3. The number of carbonyl (C=O) groups is 1. The summed E-state index contributed by atoms with van der Waals surface area (Å²) in [5, 5.41) is 4.74. The van der Waals surface area contributed by atoms with Gasteiger partial charge in [0.2, 0.25) is 5.91 Å². The zero-order valence-electron chi connectivity index (χ0n) is 14.7. The van der Waals surface area contributed by atoms with E-state index in [0.717, 1.165) is 16.4 Å². The molecular formula is C19H19NO5S2. The summed E-state index contributed by atoms with van der Waals surface area (Å²) in [7, 11) is -1.38. The molecule has 1 N–H and O–H groups in total. The molecule has 1 saturated heterocycles. The van der Waals surface area contributed by atoms with Gasteiger partial charge in [-0.05, 0) is 18.6 Å². The van der Waals surface area contributed by atoms with Gasteiger partial charge in [-0.25, -0.2) is 8.42 Å². The van der Waals surface area contributed by atoms with E-state index in [4.69, 9.17) is 9.15 Å². The van der Waals surface area contributed by atoms with Gasteiger partial charge in [-0.2, -0.15) is 0 Å². The SMILES string of the molecule is COc1cc2c(cc1NC(=O)CS[C@@H]1CCS(=O)(=O)C1)oc1ccccc12. The number of methoxy groups -OCH3 is 1. The highest BCUT2D eigenvalue weighted by Gasteiger charge is 2.28. The number of rotatable bonds is 5. The average Bonchev–Trinajstić information content (AvgIpc) is 3.18. The number of nitrogens with one attached hydrogen (secondary N) is 1. The van der Waals surface area contributed by atoms with E-state index in [1.54, 1.807) is 13.2 Å². The molecule has 0 bridgehead atoms. The fourth-order valence-electron chi connectivity index (χ4n) is 3.29. The van der Waals surface area contributed by atoms with Crippen LogP contribution in [0.4, 0.5) is 5.69 Å². The Morgan fingerprint density at radius 3 is 2.81 bits per heavy atom. The molecule has 1 aliphatic heterocycles. The zero-order valence-corrected chi connectivity index (χ0v) is 16.4. The van der Waals surface area contributed by atoms with Crippen molar-refractivity contribution in [3.8, 4) is 5.75 Å². The van der Waals surface area contributed by atoms with E-state index in [1.807, 2.05) is 30.3 Å². The lowest BCUT2D eigenvalue weighted by Crippen LogP contribution is -2.17. The highest BCUT2D eigenvalue weighted by Crippen LogP contribution is 2.36. The van der Waals surface area contributed by atoms with E-state index in [-0.39, 0.29) is 28.4 Å². The first-order valence-corrected chi connectivity index (χ1v) is 11.4. The number of anilines is 1. The number of para-hydroxylation sites is 1. The van der Waals surface area contributed by atoms with Crippen LogP contribution in [0.25, 0.3) is 21.9 Å². The third kappa shape index (κ3) is 3.77. The summed E-state index contributed by atoms with van der Waals surface area (Å²) in [6.07, 6.45) is 0.606. The molecule has 1 aliphatic rings. The Bertz CT molecular complexity index is 1120. The minimum Gasteiger partial charge on any atom is -0.495 e. The van der Waals surface area contributed by atoms with Gasteiger partial charge >= 0.3 is 0 Å². The van der Waals surface area contributed by atoms with E-state index in [9.17, 15) is 13.2 Å². The normalized spacial score (nSPS) is 18.8. The molecule has 2 aromatic carbocycles. The predicted molar refractivity (Wildman–Crippen MR) is 108 cm³/mol. The third-order valence-electron chi connectivity index (χ3n) is 4.61. The molecule has 27 heavy (non-hydrogen) atoms. The maximum absolute atomic E-state index is 12.3. The number of carbonyl (C=O) groups excluding carboxylic acids is 1. The van der Waals surface area contributed by atoms with E-state index >= 15 is 0 Å². The average molecular weight is 405 g/mol. The molecular weight excluding hydrogens is 386 g/mol. The van der Waals surface area contributed by atoms with Crippen molar-refractivity contribution in [2.24, 2.45) is 0 Å². The van der Waals surface area contributed by atoms with Crippen LogP contribution in [0.1, 0.15) is 6.42 Å². The Balaban J connectivity index is 1.52. The molecule has 0 radical (unpaired) electrons. The monoisotopic (exact) mass is 405 g/mol. The van der Waals surface area contributed by atoms with Crippen LogP contribution >= 0.6 is 11.8 Å². The first-order valence-electron chi connectivity index (χ1n) is 8.56. The first-order chi connectivity index (χ1) is 12.9. The van der Waals surface area contributed by atoms with Crippen molar-refractivity contribution < 1.29 is 22.4 Å². The van der Waals surface area contributed by atoms with Crippen LogP contribution in [0.15, 0.2) is 40.8 Å². The maximum Gasteiger partial charge on any atom is 0.234 e. The Hall–Kier alpha value is -2.19. The van der Waals surface area contributed by atoms with Crippen LogP contribution in [0.3, 0.4) is 0 Å². The van der Waals surface area contributed by atoms with Gasteiger partial charge < -0.3 is 14.5 Å². The van der Waals surface area contributed by atoms with Gasteiger partial charge in [0.05, 0.1) is 30.1 Å². The van der Waals surface area contributed by atoms with Crippen LogP contribution in [0, 0.1) is 0 Å². The van der Waals surface area contributed by atoms with Crippen molar-refractivity contribution in [1.82, 2.24) is 0 Å². The van der Waals surface area contributed by atoms with Crippen molar-refractivity contribution in [2.45, 2.75) is 11.7 Å². The van der Waals surface area contributed by atoms with Crippen LogP contribution in [0.5, 0.6) is 5.75 Å². The van der Waals surface area contributed by atoms with E-state index in [2.05, 4.69) is 5.32 Å². The highest BCUT2D eigenvalue weighted by atomic mass is 32.2. The molecule has 1 atom stereocenters. The van der Waals surface area contributed by atoms with E-state index in [0.29, 0.717) is 23.4 Å². The quantitative estimate of drug-likeness (QED) is 0.700. The Kier molecular flexibility index (Phi) is 4.77. The molecule has 2 heterocycles. The van der Waals surface area contributed by atoms with Crippen molar-refractivity contribution in [3.63, 3.8) is 0 Å². The van der Waals surface area contributed by atoms with Crippen LogP contribution in [-0.2, 0) is 14.6 Å². The number of fused-ring (bicyclic) bond motifs is 3. The Morgan fingerprint density at radius 1 is 1.26 bits per heavy atom. The number of ether oxygens (including phenoxy) is 1. The second-order valence-electron chi connectivity index (χ2n) is 6.53. The molecule has 0 spiro atoms. The van der Waals surface area contributed by atoms with Crippen LogP contribution < -0.4 is 10.1 Å². The lowest BCUT2D eigenvalue weighted by Gasteiger charge is -2.11. The molecule has 0 aliphatic carbocycles. The van der Waals surface area contributed by atoms with Gasteiger partial charge in [-0.1, -0.05) is 18.2 Å². The number of sulfone groups is 1. The minimum atomic E-state index is -2.94. The first kappa shape index (κ1) is 18.2. The molecule has 0 unspecified atom stereocenters. The van der Waals surface area contributed by atoms with Crippen LogP contribution in [-0.4, -0.2) is 43.9 Å². The Labute approximate surface area is 161 Å². The van der Waals surface area contributed by atoms with Gasteiger partial charge in [0.25, 0.3) is 0 Å². The summed E-state index contributed by atoms with van der Waals surface area (Å²) in [5.74, 6) is 0.915. The topological polar surface area (TPSA) is 85.6 Å². The fourth-order valence-corrected chi connectivity index (χ4v) is 6.73. The van der Waals surface area contributed by atoms with E-state index in [1.165, 1.54) is 11.8 Å². The third-order valence-corrected chi connectivity index (χ3v) is 7.90. The molecule has 1 amide bonds. The largest absolute Gasteiger partial charge is 0.495 e. The smallest absolute Gasteiger partial charge is 0.234 e. The van der Waals surface area contributed by atoms with Crippen molar-refractivity contribution in [1.29, 1.82) is 0 Å². The van der Waals surface area contributed by atoms with Gasteiger partial charge in [0, 0.05) is 22.1 Å². The van der Waals surface area contributed by atoms with Crippen molar-refractivity contribution in [2.75, 3.05) is 29.7 Å². The number of furan rings is 1. The van der Waals surface area contributed by atoms with Gasteiger partial charge in [-0.15, -0.1) is 11.8 Å². The van der Waals surface area contributed by atoms with Crippen molar-refractivity contribution in [3.05, 3.63) is 36.4 Å². The zero-order chi connectivity index (χ0) is 19.0. The summed E-state index contributed by atoms with van der Waals surface area (Å²) >= 11 is 1.38. The van der Waals surface area contributed by atoms with E-state index < -0.39 is 9.84 Å². The summed E-state index contributed by atoms with van der Waals surface area (Å²) in [4.78, 5) is 12.3. The summed E-state index contributed by atoms with van der Waals surface area (Å²) in [5.41, 5.74) is 1.98. The lowest BCUT2D eigenvalue weighted by atomic mass is 10.1. The van der Waals surface area contributed by atoms with Gasteiger partial charge in [0.15, 0.2) is 9.84 Å². The molecule has 1 aromatic heterocycles. The number of hydrogen-bond donors (Lipinski definition) is 1. The van der Waals surface area contributed by atoms with Crippen molar-refractivity contribution >= 4 is 55.1 Å². The number of amides is 1. The minimum absolute atomic E-state index is 0.0134. The number of hydrogen-bond acceptors (Lipinski definition) is 6. The number of benzene rings is 2. The molecule has 6 nitrogen and oxygen atoms in total. The molecule has 142 valence electrons. The van der Waals surface area contributed by atoms with Gasteiger partial charge in [0.1, 0.15) is 16.9 Å². The molecule has 1 fully saturated rings. The standard InChI is InChI=1S/C19H19NO5S2/c1-24-18-8-14-13-4-2-3-5-16(13)25-17(14)9-15(18)20-19(21)10-26-12-6-7-27(22,23)11-12/h2-5,8-9,12H,6-7,10-11H2,1H3,(H,20,21)/t12-/m1/s1. The predicted octanol–water partition coefficient (Wildman–Crippen LogP) is 3.45. The molecule has 8 heteroatoms. The summed E-state index contributed by atoms with van der Waals surface area (Å²) in [6, 6.07) is 11.3. The lowest BCUT2D eigenvalue weighted by molar-refractivity contribution is -0.113. The summed E-state index contributed by atoms with van der Waals surface area (Å²) in [6.45, 7) is 0. The fraction of sp³-hybridized carbons (Fsp3) is 0.316. The Morgan fingerprint density at radius 2 is 2.07 bits per heavy atom. The van der Waals surface area contributed by atoms with Crippen LogP contribution in [0.2, 0.25) is 0 Å². The number of thioether (sulfide) groups is 1. The second kappa shape index (κ2) is 7.09. The highest BCUT2D eigenvalue weighted by molar-refractivity contribution is 8.02. The molecule has 0 saturated carbocycles. The van der Waals surface area contributed by atoms with Gasteiger partial charge in [-0.3, -0.25) is 4.79 Å². The second-order valence-corrected chi connectivity index (χ2v) is 10.0.